The lowest BCUT2D eigenvalue weighted by molar-refractivity contribution is -0.251. The van der Waals surface area contributed by atoms with Crippen molar-refractivity contribution in [2.24, 2.45) is 56.7 Å². The van der Waals surface area contributed by atoms with Crippen molar-refractivity contribution in [1.82, 2.24) is 0 Å². The largest absolute Gasteiger partial charge is 0.462 e. The zero-order valence-electron chi connectivity index (χ0n) is 27.7. The molecule has 0 radical (unpaired) electrons. The highest BCUT2D eigenvalue weighted by Crippen LogP contribution is 2.77. The second kappa shape index (κ2) is 10.4. The molecule has 1 aromatic rings. The number of Topliss-reactive ketones (excluding diaryl/α,β-unsaturated/α-hetero) is 1. The summed E-state index contributed by atoms with van der Waals surface area (Å²) in [4.78, 5) is 39.3. The number of benzene rings is 1. The van der Waals surface area contributed by atoms with Gasteiger partial charge in [-0.05, 0) is 117 Å². The number of carbonyl (C=O) groups excluding carboxylic acids is 3. The lowest BCUT2D eigenvalue weighted by Gasteiger charge is -2.72. The van der Waals surface area contributed by atoms with Crippen molar-refractivity contribution in [2.75, 3.05) is 0 Å². The van der Waals surface area contributed by atoms with E-state index in [1.807, 2.05) is 30.3 Å². The van der Waals surface area contributed by atoms with E-state index in [0.29, 0.717) is 24.4 Å². The van der Waals surface area contributed by atoms with Crippen LogP contribution in [0.2, 0.25) is 0 Å². The molecule has 5 aliphatic carbocycles. The minimum atomic E-state index is -0.552. The Balaban J connectivity index is 1.31. The first-order valence-electron chi connectivity index (χ1n) is 17.1. The van der Waals surface area contributed by atoms with E-state index >= 15 is 0 Å². The van der Waals surface area contributed by atoms with Crippen LogP contribution < -0.4 is 0 Å². The molecule has 0 amide bonds. The number of hydrogen-bond donors (Lipinski definition) is 0. The van der Waals surface area contributed by atoms with Crippen LogP contribution in [-0.2, 0) is 30.5 Å². The van der Waals surface area contributed by atoms with E-state index in [-0.39, 0.29) is 57.3 Å². The summed E-state index contributed by atoms with van der Waals surface area (Å²) in [5.41, 5.74) is 0.772. The van der Waals surface area contributed by atoms with E-state index in [1.165, 1.54) is 0 Å². The third-order valence-electron chi connectivity index (χ3n) is 14.8. The van der Waals surface area contributed by atoms with Crippen LogP contribution >= 0.6 is 0 Å². The Morgan fingerprint density at radius 1 is 0.767 bits per heavy atom. The molecular formula is C38H54O5. The van der Waals surface area contributed by atoms with E-state index in [9.17, 15) is 14.4 Å². The number of fused-ring (bicyclic) bond motifs is 7. The van der Waals surface area contributed by atoms with Gasteiger partial charge in [-0.1, -0.05) is 65.0 Å². The maximum atomic E-state index is 14.1. The molecule has 5 aliphatic rings. The quantitative estimate of drug-likeness (QED) is 0.323. The maximum Gasteiger partial charge on any atom is 0.312 e. The minimum absolute atomic E-state index is 0.0219. The molecule has 5 saturated carbocycles. The zero-order valence-corrected chi connectivity index (χ0v) is 27.7. The number of hydrogen-bond acceptors (Lipinski definition) is 5. The molecule has 0 heterocycles. The number of ketones is 1. The average Bonchev–Trinajstić information content (AvgIpc) is 3.35. The van der Waals surface area contributed by atoms with Crippen LogP contribution in [0.5, 0.6) is 0 Å². The van der Waals surface area contributed by atoms with Gasteiger partial charge in [-0.15, -0.1) is 0 Å². The Hall–Kier alpha value is -2.17. The van der Waals surface area contributed by atoms with Gasteiger partial charge < -0.3 is 9.47 Å². The molecular weight excluding hydrogens is 536 g/mol. The SMILES string of the molecule is CC(=O)O[C@H]1CC[C@]2(C)[C@H]3CC[C@@H]4[C@H]5[C@H](C(C)=O)CC[C@]5(C(=O)OCc5ccccc5)CC[C@@]4(C)[C@]3(C)CC[C@H]2C1(C)C. The predicted octanol–water partition coefficient (Wildman–Crippen LogP) is 8.33. The van der Waals surface area contributed by atoms with Gasteiger partial charge in [-0.25, -0.2) is 0 Å². The summed E-state index contributed by atoms with van der Waals surface area (Å²) in [6.07, 6.45) is 9.94. The fourth-order valence-corrected chi connectivity index (χ4v) is 12.7. The van der Waals surface area contributed by atoms with Crippen molar-refractivity contribution in [3.8, 4) is 0 Å². The Kier molecular flexibility index (Phi) is 7.49. The molecule has 0 saturated heterocycles. The van der Waals surface area contributed by atoms with Gasteiger partial charge in [0.05, 0.1) is 5.41 Å². The first-order valence-corrected chi connectivity index (χ1v) is 17.1. The van der Waals surface area contributed by atoms with E-state index in [0.717, 1.165) is 69.8 Å². The summed E-state index contributed by atoms with van der Waals surface area (Å²) in [5, 5.41) is 0. The second-order valence-electron chi connectivity index (χ2n) is 16.6. The molecule has 5 nitrogen and oxygen atoms in total. The number of esters is 2. The fourth-order valence-electron chi connectivity index (χ4n) is 12.7. The number of ether oxygens (including phenoxy) is 2. The fraction of sp³-hybridized carbons (Fsp3) is 0.763. The maximum absolute atomic E-state index is 14.1. The summed E-state index contributed by atoms with van der Waals surface area (Å²) in [6, 6.07) is 9.96. The van der Waals surface area contributed by atoms with Gasteiger partial charge in [0.2, 0.25) is 0 Å². The molecule has 0 N–H and O–H groups in total. The smallest absolute Gasteiger partial charge is 0.312 e. The van der Waals surface area contributed by atoms with Crippen LogP contribution in [0.3, 0.4) is 0 Å². The van der Waals surface area contributed by atoms with Gasteiger partial charge in [-0.3, -0.25) is 14.4 Å². The van der Waals surface area contributed by atoms with Crippen molar-refractivity contribution in [3.63, 3.8) is 0 Å². The highest BCUT2D eigenvalue weighted by molar-refractivity contribution is 5.84. The summed E-state index contributed by atoms with van der Waals surface area (Å²) in [7, 11) is 0. The van der Waals surface area contributed by atoms with E-state index in [2.05, 4.69) is 34.6 Å². The molecule has 0 bridgehead atoms. The van der Waals surface area contributed by atoms with Gasteiger partial charge in [0.15, 0.2) is 0 Å². The van der Waals surface area contributed by atoms with E-state index in [4.69, 9.17) is 9.47 Å². The highest BCUT2D eigenvalue weighted by atomic mass is 16.5. The topological polar surface area (TPSA) is 69.7 Å². The van der Waals surface area contributed by atoms with Gasteiger partial charge in [-0.2, -0.15) is 0 Å². The number of carbonyl (C=O) groups is 3. The van der Waals surface area contributed by atoms with Crippen LogP contribution in [0.1, 0.15) is 118 Å². The third kappa shape index (κ3) is 4.40. The van der Waals surface area contributed by atoms with Crippen LogP contribution in [-0.4, -0.2) is 23.8 Å². The first kappa shape index (κ1) is 30.8. The van der Waals surface area contributed by atoms with E-state index in [1.54, 1.807) is 13.8 Å². The van der Waals surface area contributed by atoms with Crippen LogP contribution in [0, 0.1) is 56.7 Å². The lowest BCUT2D eigenvalue weighted by atomic mass is 9.32. The van der Waals surface area contributed by atoms with Crippen molar-refractivity contribution >= 4 is 17.7 Å². The minimum Gasteiger partial charge on any atom is -0.462 e. The average molecular weight is 591 g/mol. The molecule has 5 fully saturated rings. The van der Waals surface area contributed by atoms with Crippen LogP contribution in [0.15, 0.2) is 30.3 Å². The number of rotatable bonds is 5. The van der Waals surface area contributed by atoms with Crippen LogP contribution in [0.4, 0.5) is 0 Å². The first-order chi connectivity index (χ1) is 20.2. The van der Waals surface area contributed by atoms with Crippen molar-refractivity contribution < 1.29 is 23.9 Å². The van der Waals surface area contributed by atoms with Crippen molar-refractivity contribution in [3.05, 3.63) is 35.9 Å². The predicted molar refractivity (Wildman–Crippen MR) is 167 cm³/mol. The zero-order chi connectivity index (χ0) is 31.0. The summed E-state index contributed by atoms with van der Waals surface area (Å²) in [6.45, 7) is 15.9. The molecule has 43 heavy (non-hydrogen) atoms. The van der Waals surface area contributed by atoms with Gasteiger partial charge in [0.1, 0.15) is 18.5 Å². The van der Waals surface area contributed by atoms with Gasteiger partial charge in [0.25, 0.3) is 0 Å². The molecule has 0 aliphatic heterocycles. The standard InChI is InChI=1S/C38H54O5/c1-24(39)27-15-20-38(33(41)42-23-26-11-9-8-10-12-26)22-21-36(6)28(32(27)38)13-14-30-35(5)18-17-31(43-25(2)40)34(3,4)29(35)16-19-37(30,36)7/h8-12,27-32H,13-23H2,1-7H3/t27-,28+,29-,30+,31-,32+,35-,36+,37+,38-/m0/s1. The normalized spacial score (nSPS) is 44.6. The summed E-state index contributed by atoms with van der Waals surface area (Å²) < 4.78 is 12.0. The Labute approximate surface area is 259 Å². The Bertz CT molecular complexity index is 1270. The highest BCUT2D eigenvalue weighted by Gasteiger charge is 2.72. The van der Waals surface area contributed by atoms with Gasteiger partial charge in [0, 0.05) is 18.3 Å². The molecule has 236 valence electrons. The molecule has 0 aromatic heterocycles. The monoisotopic (exact) mass is 590 g/mol. The molecule has 5 heteroatoms. The van der Waals surface area contributed by atoms with Crippen molar-refractivity contribution in [2.45, 2.75) is 125 Å². The summed E-state index contributed by atoms with van der Waals surface area (Å²) >= 11 is 0. The Morgan fingerprint density at radius 2 is 1.49 bits per heavy atom. The molecule has 0 spiro atoms. The molecule has 6 rings (SSSR count). The summed E-state index contributed by atoms with van der Waals surface area (Å²) in [5.74, 6) is 1.44. The lowest BCUT2D eigenvalue weighted by Crippen LogP contribution is -2.67. The molecule has 10 atom stereocenters. The molecule has 0 unspecified atom stereocenters. The second-order valence-corrected chi connectivity index (χ2v) is 16.6. The Morgan fingerprint density at radius 3 is 2.16 bits per heavy atom. The van der Waals surface area contributed by atoms with E-state index < -0.39 is 5.41 Å². The van der Waals surface area contributed by atoms with Crippen LogP contribution in [0.25, 0.3) is 0 Å². The van der Waals surface area contributed by atoms with Crippen molar-refractivity contribution in [1.29, 1.82) is 0 Å². The molecule has 1 aromatic carbocycles. The van der Waals surface area contributed by atoms with Gasteiger partial charge >= 0.3 is 11.9 Å². The third-order valence-corrected chi connectivity index (χ3v) is 14.8.